The Labute approximate surface area is 296 Å². The highest BCUT2D eigenvalue weighted by molar-refractivity contribution is 5.29. The molecule has 7 aliphatic rings. The quantitative estimate of drug-likeness (QED) is 0.300. The molecule has 6 unspecified atom stereocenters. The molecular weight excluding hydrogens is 614 g/mol. The van der Waals surface area contributed by atoms with E-state index in [9.17, 15) is 5.11 Å². The summed E-state index contributed by atoms with van der Waals surface area (Å²) in [6.45, 7) is 17.7. The molecule has 276 valence electrons. The van der Waals surface area contributed by atoms with Crippen LogP contribution in [0.4, 0.5) is 0 Å². The smallest absolute Gasteiger partial charge is 0.170 e. The van der Waals surface area contributed by atoms with Crippen LogP contribution in [0.1, 0.15) is 111 Å². The molecule has 2 heterocycles. The van der Waals surface area contributed by atoms with Crippen molar-refractivity contribution in [2.75, 3.05) is 33.4 Å². The Hall–Kier alpha value is -1.06. The Kier molecular flexibility index (Phi) is 9.94. The van der Waals surface area contributed by atoms with Crippen molar-refractivity contribution in [2.45, 2.75) is 149 Å². The van der Waals surface area contributed by atoms with Gasteiger partial charge < -0.3 is 29.2 Å². The Morgan fingerprint density at radius 3 is 2.43 bits per heavy atom. The van der Waals surface area contributed by atoms with Crippen LogP contribution in [0.25, 0.3) is 0 Å². The number of nitrogens with zero attached hydrogens (tertiary/aromatic N) is 1. The molecule has 8 rings (SSSR count). The third kappa shape index (κ3) is 5.98. The van der Waals surface area contributed by atoms with E-state index in [1.807, 2.05) is 20.8 Å². The topological polar surface area (TPSA) is 80.6 Å². The van der Waals surface area contributed by atoms with Crippen LogP contribution < -0.4 is 0 Å². The fraction of sp³-hybridized carbons (Fsp3) is 0.857. The van der Waals surface area contributed by atoms with E-state index < -0.39 is 5.60 Å². The van der Waals surface area contributed by atoms with Crippen LogP contribution in [-0.4, -0.2) is 84.8 Å². The average Bonchev–Trinajstić information content (AvgIpc) is 3.65. The number of fused-ring (bicyclic) bond motifs is 4. The minimum Gasteiger partial charge on any atom is -0.400 e. The number of aliphatic hydroxyl groups excluding tert-OH is 1. The molecule has 2 N–H and O–H groups in total. The molecule has 0 aromatic heterocycles. The first-order valence-corrected chi connectivity index (χ1v) is 19.9. The predicted molar refractivity (Wildman–Crippen MR) is 192 cm³/mol. The number of hydrogen-bond donors (Lipinski definition) is 2. The maximum absolute atomic E-state index is 11.0. The second-order valence-electron chi connectivity index (χ2n) is 18.5. The fourth-order valence-electron chi connectivity index (χ4n) is 13.6. The van der Waals surface area contributed by atoms with Gasteiger partial charge in [0.15, 0.2) is 6.29 Å². The highest BCUT2D eigenvalue weighted by Crippen LogP contribution is 2.87. The van der Waals surface area contributed by atoms with Gasteiger partial charge in [0.05, 0.1) is 30.5 Å². The van der Waals surface area contributed by atoms with Crippen molar-refractivity contribution in [2.24, 2.45) is 45.3 Å². The summed E-state index contributed by atoms with van der Waals surface area (Å²) in [6, 6.07) is 10.8. The van der Waals surface area contributed by atoms with Crippen LogP contribution in [0.3, 0.4) is 0 Å². The van der Waals surface area contributed by atoms with Crippen molar-refractivity contribution in [1.29, 1.82) is 0 Å². The van der Waals surface area contributed by atoms with E-state index in [1.165, 1.54) is 63.4 Å². The summed E-state index contributed by atoms with van der Waals surface area (Å²) in [5.41, 5.74) is 2.05. The van der Waals surface area contributed by atoms with E-state index in [4.69, 9.17) is 24.1 Å². The van der Waals surface area contributed by atoms with Crippen LogP contribution in [0.15, 0.2) is 30.3 Å². The number of ether oxygens (including phenoxy) is 4. The Bertz CT molecular complexity index is 1280. The summed E-state index contributed by atoms with van der Waals surface area (Å²) in [5, 5.41) is 18.0. The van der Waals surface area contributed by atoms with Crippen molar-refractivity contribution >= 4 is 0 Å². The fourth-order valence-corrected chi connectivity index (χ4v) is 13.6. The second kappa shape index (κ2) is 13.4. The number of aliphatic hydroxyl groups is 2. The molecule has 7 fully saturated rings. The lowest BCUT2D eigenvalue weighted by Crippen LogP contribution is -2.56. The average molecular weight is 682 g/mol. The van der Waals surface area contributed by atoms with Crippen molar-refractivity contribution in [3.63, 3.8) is 0 Å². The molecule has 5 saturated carbocycles. The van der Waals surface area contributed by atoms with E-state index in [0.29, 0.717) is 34.9 Å². The van der Waals surface area contributed by atoms with Gasteiger partial charge in [-0.2, -0.15) is 0 Å². The van der Waals surface area contributed by atoms with Gasteiger partial charge in [0.2, 0.25) is 0 Å². The van der Waals surface area contributed by atoms with Gasteiger partial charge >= 0.3 is 0 Å². The summed E-state index contributed by atoms with van der Waals surface area (Å²) in [5.74, 6) is 2.99. The molecule has 7 heteroatoms. The Morgan fingerprint density at radius 1 is 0.939 bits per heavy atom. The summed E-state index contributed by atoms with van der Waals surface area (Å²) < 4.78 is 26.3. The first-order chi connectivity index (χ1) is 23.4. The van der Waals surface area contributed by atoms with Crippen LogP contribution >= 0.6 is 0 Å². The SMILES string of the molecule is CCO[C@@H](C1CC[C@H]2C(CC3C4CC[C@H]5C(C)(C)[C@@H](OC6CN(Cc7ccccc7)CCO6)CC[C@@]56C[C@@]46CCC32C)O1)C(C)(C)O.CO. The van der Waals surface area contributed by atoms with Gasteiger partial charge in [0, 0.05) is 33.4 Å². The molecule has 0 amide bonds. The monoisotopic (exact) mass is 681 g/mol. The van der Waals surface area contributed by atoms with Crippen molar-refractivity contribution in [3.8, 4) is 0 Å². The lowest BCUT2D eigenvalue weighted by atomic mass is 9.46. The normalized spacial score (nSPS) is 44.6. The molecule has 1 aromatic rings. The van der Waals surface area contributed by atoms with Crippen molar-refractivity contribution < 1.29 is 29.2 Å². The minimum atomic E-state index is -0.897. The number of morpholine rings is 1. The minimum absolute atomic E-state index is 0.00782. The summed E-state index contributed by atoms with van der Waals surface area (Å²) >= 11 is 0. The maximum Gasteiger partial charge on any atom is 0.170 e. The molecule has 7 nitrogen and oxygen atoms in total. The zero-order valence-electron chi connectivity index (χ0n) is 31.7. The van der Waals surface area contributed by atoms with Crippen molar-refractivity contribution in [3.05, 3.63) is 35.9 Å². The van der Waals surface area contributed by atoms with E-state index >= 15 is 0 Å². The number of hydrogen-bond acceptors (Lipinski definition) is 7. The van der Waals surface area contributed by atoms with Crippen LogP contribution in [-0.2, 0) is 25.5 Å². The largest absolute Gasteiger partial charge is 0.400 e. The van der Waals surface area contributed by atoms with Gasteiger partial charge in [0.25, 0.3) is 0 Å². The third-order valence-electron chi connectivity index (χ3n) is 15.6. The highest BCUT2D eigenvalue weighted by Gasteiger charge is 2.80. The van der Waals surface area contributed by atoms with Crippen molar-refractivity contribution in [1.82, 2.24) is 4.90 Å². The zero-order chi connectivity index (χ0) is 34.8. The predicted octanol–water partition coefficient (Wildman–Crippen LogP) is 7.22. The summed E-state index contributed by atoms with van der Waals surface area (Å²) in [4.78, 5) is 2.51. The van der Waals surface area contributed by atoms with Gasteiger partial charge in [-0.25, -0.2) is 0 Å². The van der Waals surface area contributed by atoms with E-state index in [1.54, 1.807) is 0 Å². The standard InChI is InChI=1S/C41H63NO5.CH4O/c1-7-44-36(38(4,5)43)31-15-13-29-32(46-31)23-30-28-14-16-33-37(2,3)34(17-18-41(33)26-40(28,41)20-19-39(29,30)6)47-35-25-42(21-22-45-35)24-27-11-9-8-10-12-27;1-2/h8-12,28-36,43H,7,13-26H2,1-6H3;2H,1H3/t28?,29-,30?,31?,32?,33-,34-,35?,36-,39?,40-,41+;/m0./s1. The molecule has 2 spiro atoms. The molecule has 49 heavy (non-hydrogen) atoms. The van der Waals surface area contributed by atoms with E-state index in [2.05, 4.69) is 56.0 Å². The van der Waals surface area contributed by atoms with E-state index in [0.717, 1.165) is 57.5 Å². The number of rotatable bonds is 8. The van der Waals surface area contributed by atoms with Gasteiger partial charge in [-0.15, -0.1) is 0 Å². The van der Waals surface area contributed by atoms with Gasteiger partial charge in [-0.05, 0) is 136 Å². The number of benzene rings is 1. The molecule has 0 radical (unpaired) electrons. The van der Waals surface area contributed by atoms with Gasteiger partial charge in [-0.3, -0.25) is 4.90 Å². The molecule has 12 atom stereocenters. The first kappa shape index (κ1) is 36.3. The zero-order valence-corrected chi connectivity index (χ0v) is 31.7. The van der Waals surface area contributed by atoms with Gasteiger partial charge in [0.1, 0.15) is 6.10 Å². The summed E-state index contributed by atoms with van der Waals surface area (Å²) in [7, 11) is 1.00. The van der Waals surface area contributed by atoms with Crippen LogP contribution in [0, 0.1) is 45.3 Å². The molecule has 1 aromatic carbocycles. The third-order valence-corrected chi connectivity index (χ3v) is 15.6. The molecule has 2 aliphatic heterocycles. The van der Waals surface area contributed by atoms with E-state index in [-0.39, 0.29) is 30.0 Å². The van der Waals surface area contributed by atoms with Gasteiger partial charge in [-0.1, -0.05) is 51.1 Å². The van der Waals surface area contributed by atoms with Crippen LogP contribution in [0.5, 0.6) is 0 Å². The molecule has 5 aliphatic carbocycles. The molecule has 2 saturated heterocycles. The Morgan fingerprint density at radius 2 is 1.69 bits per heavy atom. The lowest BCUT2D eigenvalue weighted by Gasteiger charge is -2.60. The molecular formula is C42H67NO6. The lowest BCUT2D eigenvalue weighted by molar-refractivity contribution is -0.246. The van der Waals surface area contributed by atoms with Crippen LogP contribution in [0.2, 0.25) is 0 Å². The highest BCUT2D eigenvalue weighted by atomic mass is 16.7. The Balaban J connectivity index is 0.00000186. The summed E-state index contributed by atoms with van der Waals surface area (Å²) in [6.07, 6.45) is 13.1. The molecule has 0 bridgehead atoms. The maximum atomic E-state index is 11.0. The second-order valence-corrected chi connectivity index (χ2v) is 18.5. The first-order valence-electron chi connectivity index (χ1n) is 19.9.